The molecule has 4 heavy (non-hydrogen) atoms. The van der Waals surface area contributed by atoms with Crippen LogP contribution in [0.2, 0.25) is 0 Å². The molecule has 0 amide bonds. The topological polar surface area (TPSA) is 0 Å². The molecule has 0 aliphatic rings. The van der Waals surface area contributed by atoms with Crippen LogP contribution in [-0.4, -0.2) is 5.33 Å². The molecule has 0 aliphatic carbocycles. The number of rotatable bonds is 0. The molecule has 0 spiro atoms. The van der Waals surface area contributed by atoms with E-state index in [0.717, 1.165) is 5.33 Å². The Labute approximate surface area is 45.6 Å². The molecule has 0 saturated carbocycles. The van der Waals surface area contributed by atoms with E-state index in [9.17, 15) is 0 Å². The molecule has 0 heterocycles. The average molecular weight is 172 g/mol. The molecular formula is C2H4BrCu. The van der Waals surface area contributed by atoms with E-state index in [1.165, 1.54) is 0 Å². The Balaban J connectivity index is 0. The number of halogens is 1. The van der Waals surface area contributed by atoms with Crippen LogP contribution in [0.5, 0.6) is 0 Å². The summed E-state index contributed by atoms with van der Waals surface area (Å²) in [7, 11) is 0. The predicted octanol–water partition coefficient (Wildman–Crippen LogP) is 1.21. The molecule has 0 N–H and O–H groups in total. The Morgan fingerprint density at radius 1 is 1.75 bits per heavy atom. The molecule has 30 valence electrons. The number of hydrogen-bond donors (Lipinski definition) is 0. The van der Waals surface area contributed by atoms with Crippen LogP contribution in [0.1, 0.15) is 0 Å². The van der Waals surface area contributed by atoms with E-state index >= 15 is 0 Å². The molecule has 0 aromatic heterocycles. The zero-order chi connectivity index (χ0) is 2.71. The second-order valence-electron chi connectivity index (χ2n) is 0.189. The summed E-state index contributed by atoms with van der Waals surface area (Å²) in [6, 6.07) is 0. The summed E-state index contributed by atoms with van der Waals surface area (Å²) in [5.41, 5.74) is 0. The van der Waals surface area contributed by atoms with E-state index in [4.69, 9.17) is 0 Å². The van der Waals surface area contributed by atoms with Crippen molar-refractivity contribution in [3.05, 3.63) is 6.92 Å². The first-order chi connectivity index (χ1) is 1.41. The van der Waals surface area contributed by atoms with Gasteiger partial charge in [-0.2, -0.15) is 0 Å². The van der Waals surface area contributed by atoms with Crippen LogP contribution in [-0.2, 0) is 17.1 Å². The van der Waals surface area contributed by atoms with Gasteiger partial charge in [0.15, 0.2) is 0 Å². The second kappa shape index (κ2) is 9.00. The smallest absolute Gasteiger partial charge is 0.00315 e. The van der Waals surface area contributed by atoms with E-state index in [2.05, 4.69) is 22.9 Å². The molecular weight excluding hydrogens is 167 g/mol. The standard InChI is InChI=1S/C2H4Br.Cu/c1-2-3;/h1-2H2;. The first-order valence-electron chi connectivity index (χ1n) is 0.767. The monoisotopic (exact) mass is 170 g/mol. The molecule has 0 unspecified atom stereocenters. The van der Waals surface area contributed by atoms with E-state index < -0.39 is 0 Å². The fourth-order valence-electron chi connectivity index (χ4n) is 0. The van der Waals surface area contributed by atoms with Gasteiger partial charge in [0.25, 0.3) is 0 Å². The summed E-state index contributed by atoms with van der Waals surface area (Å²) in [5.74, 6) is 0. The van der Waals surface area contributed by atoms with E-state index in [0.29, 0.717) is 0 Å². The van der Waals surface area contributed by atoms with Crippen molar-refractivity contribution in [2.45, 2.75) is 0 Å². The van der Waals surface area contributed by atoms with Crippen molar-refractivity contribution in [2.24, 2.45) is 0 Å². The van der Waals surface area contributed by atoms with E-state index in [1.807, 2.05) is 0 Å². The zero-order valence-electron chi connectivity index (χ0n) is 2.09. The van der Waals surface area contributed by atoms with Crippen molar-refractivity contribution in [2.75, 3.05) is 5.33 Å². The fraction of sp³-hybridized carbons (Fsp3) is 0.500. The van der Waals surface area contributed by atoms with Gasteiger partial charge in [0.05, 0.1) is 0 Å². The summed E-state index contributed by atoms with van der Waals surface area (Å²) in [6.45, 7) is 3.40. The van der Waals surface area contributed by atoms with Crippen molar-refractivity contribution in [3.8, 4) is 0 Å². The zero-order valence-corrected chi connectivity index (χ0v) is 4.62. The summed E-state index contributed by atoms with van der Waals surface area (Å²) in [6.07, 6.45) is 0. The third-order valence-corrected chi connectivity index (χ3v) is 0. The third kappa shape index (κ3) is 12.0. The number of hydrogen-bond acceptors (Lipinski definition) is 0. The van der Waals surface area contributed by atoms with Gasteiger partial charge < -0.3 is 0 Å². The predicted molar refractivity (Wildman–Crippen MR) is 19.2 cm³/mol. The van der Waals surface area contributed by atoms with Crippen molar-refractivity contribution in [3.63, 3.8) is 0 Å². The van der Waals surface area contributed by atoms with E-state index in [-0.39, 0.29) is 17.1 Å². The van der Waals surface area contributed by atoms with Gasteiger partial charge in [0.1, 0.15) is 0 Å². The van der Waals surface area contributed by atoms with Gasteiger partial charge in [-0.1, -0.05) is 15.9 Å². The molecule has 2 heteroatoms. The maximum absolute atomic E-state index is 3.40. The molecule has 0 rings (SSSR count). The SMILES string of the molecule is [CH2]CBr.[Cu]. The Morgan fingerprint density at radius 3 is 1.75 bits per heavy atom. The van der Waals surface area contributed by atoms with Gasteiger partial charge in [-0.15, -0.1) is 0 Å². The van der Waals surface area contributed by atoms with Crippen LogP contribution in [0.3, 0.4) is 0 Å². The molecule has 2 radical (unpaired) electrons. The Kier molecular flexibility index (Phi) is 20.0. The molecule has 0 fully saturated rings. The fourth-order valence-corrected chi connectivity index (χ4v) is 0. The Hall–Kier alpha value is 0.999. The molecule has 0 atom stereocenters. The second-order valence-corrected chi connectivity index (χ2v) is 0.982. The Bertz CT molecular complexity index is 6.00. The van der Waals surface area contributed by atoms with Gasteiger partial charge in [-0.25, -0.2) is 0 Å². The molecule has 0 nitrogen and oxygen atoms in total. The molecule has 0 aliphatic heterocycles. The maximum Gasteiger partial charge on any atom is 0.00315 e. The first kappa shape index (κ1) is 8.89. The minimum Gasteiger partial charge on any atom is -0.0928 e. The maximum atomic E-state index is 3.40. The van der Waals surface area contributed by atoms with Crippen molar-refractivity contribution in [1.82, 2.24) is 0 Å². The van der Waals surface area contributed by atoms with Crippen LogP contribution < -0.4 is 0 Å². The Morgan fingerprint density at radius 2 is 1.75 bits per heavy atom. The number of alkyl halides is 1. The van der Waals surface area contributed by atoms with Gasteiger partial charge in [-0.3, -0.25) is 0 Å². The van der Waals surface area contributed by atoms with Crippen LogP contribution in [0.25, 0.3) is 0 Å². The van der Waals surface area contributed by atoms with Crippen molar-refractivity contribution >= 4 is 15.9 Å². The normalized spacial score (nSPS) is 4.50. The quantitative estimate of drug-likeness (QED) is 0.380. The van der Waals surface area contributed by atoms with Gasteiger partial charge in [0.2, 0.25) is 0 Å². The molecule has 0 aromatic rings. The van der Waals surface area contributed by atoms with Crippen LogP contribution in [0.4, 0.5) is 0 Å². The van der Waals surface area contributed by atoms with Gasteiger partial charge >= 0.3 is 0 Å². The summed E-state index contributed by atoms with van der Waals surface area (Å²) < 4.78 is 0. The van der Waals surface area contributed by atoms with Crippen LogP contribution in [0.15, 0.2) is 0 Å². The molecule has 0 saturated heterocycles. The van der Waals surface area contributed by atoms with Crippen molar-refractivity contribution < 1.29 is 17.1 Å². The minimum atomic E-state index is 0. The third-order valence-electron chi connectivity index (χ3n) is 0. The summed E-state index contributed by atoms with van der Waals surface area (Å²) >= 11 is 3.03. The summed E-state index contributed by atoms with van der Waals surface area (Å²) in [4.78, 5) is 0. The molecule has 0 aromatic carbocycles. The average Bonchev–Trinajstić information content (AvgIpc) is 0.918. The first-order valence-corrected chi connectivity index (χ1v) is 1.89. The van der Waals surface area contributed by atoms with Gasteiger partial charge in [0, 0.05) is 22.4 Å². The van der Waals surface area contributed by atoms with Crippen molar-refractivity contribution in [1.29, 1.82) is 0 Å². The minimum absolute atomic E-state index is 0. The van der Waals surface area contributed by atoms with Crippen LogP contribution >= 0.6 is 15.9 Å². The van der Waals surface area contributed by atoms with Crippen LogP contribution in [0, 0.1) is 6.92 Å². The summed E-state index contributed by atoms with van der Waals surface area (Å²) in [5, 5.41) is 0.812. The van der Waals surface area contributed by atoms with Gasteiger partial charge in [-0.05, 0) is 6.92 Å². The van der Waals surface area contributed by atoms with E-state index in [1.54, 1.807) is 0 Å². The largest absolute Gasteiger partial charge is 0.0928 e. The molecule has 0 bridgehead atoms.